The van der Waals surface area contributed by atoms with Crippen LogP contribution in [-0.2, 0) is 0 Å². The average molecular weight is 267 g/mol. The van der Waals surface area contributed by atoms with Gasteiger partial charge >= 0.3 is 0 Å². The highest BCUT2D eigenvalue weighted by Gasteiger charge is 2.13. The lowest BCUT2D eigenvalue weighted by atomic mass is 10.1. The molecule has 0 radical (unpaired) electrons. The summed E-state index contributed by atoms with van der Waals surface area (Å²) in [6.45, 7) is 2.12. The van der Waals surface area contributed by atoms with Crippen molar-refractivity contribution in [1.29, 1.82) is 0 Å². The molecule has 0 aliphatic carbocycles. The zero-order valence-electron chi connectivity index (χ0n) is 11.3. The molecule has 1 unspecified atom stereocenters. The van der Waals surface area contributed by atoms with Crippen LogP contribution < -0.4 is 11.1 Å². The first kappa shape index (κ1) is 12.5. The molecule has 0 aliphatic rings. The van der Waals surface area contributed by atoms with E-state index in [1.54, 1.807) is 12.4 Å². The Labute approximate surface area is 117 Å². The summed E-state index contributed by atoms with van der Waals surface area (Å²) in [5, 5.41) is 4.45. The quantitative estimate of drug-likeness (QED) is 0.634. The van der Waals surface area contributed by atoms with Crippen molar-refractivity contribution in [1.82, 2.24) is 15.0 Å². The van der Waals surface area contributed by atoms with Gasteiger partial charge in [0.1, 0.15) is 5.82 Å². The second-order valence-corrected chi connectivity index (χ2v) is 4.68. The summed E-state index contributed by atoms with van der Waals surface area (Å²) in [4.78, 5) is 11.9. The highest BCUT2D eigenvalue weighted by molar-refractivity contribution is 5.98. The SMILES string of the molecule is CCC(Nc1ccc(N)c2cccnc12)c1ncc[nH]1. The smallest absolute Gasteiger partial charge is 0.128 e. The molecule has 4 N–H and O–H groups in total. The molecule has 3 rings (SSSR count). The number of pyridine rings is 1. The second kappa shape index (κ2) is 5.21. The van der Waals surface area contributed by atoms with E-state index < -0.39 is 0 Å². The number of anilines is 2. The predicted octanol–water partition coefficient (Wildman–Crippen LogP) is 3.10. The lowest BCUT2D eigenvalue weighted by Gasteiger charge is -2.17. The molecule has 0 saturated heterocycles. The summed E-state index contributed by atoms with van der Waals surface area (Å²) in [6.07, 6.45) is 6.30. The molecule has 5 nitrogen and oxygen atoms in total. The Hall–Kier alpha value is -2.56. The van der Waals surface area contributed by atoms with E-state index in [1.165, 1.54) is 0 Å². The van der Waals surface area contributed by atoms with E-state index in [-0.39, 0.29) is 6.04 Å². The maximum Gasteiger partial charge on any atom is 0.128 e. The molecule has 2 heterocycles. The van der Waals surface area contributed by atoms with Gasteiger partial charge in [-0.25, -0.2) is 4.98 Å². The number of nitrogens with zero attached hydrogens (tertiary/aromatic N) is 2. The molecule has 0 fully saturated rings. The summed E-state index contributed by atoms with van der Waals surface area (Å²) in [5.74, 6) is 0.924. The van der Waals surface area contributed by atoms with Gasteiger partial charge in [-0.15, -0.1) is 0 Å². The fourth-order valence-corrected chi connectivity index (χ4v) is 2.33. The minimum absolute atomic E-state index is 0.124. The third kappa shape index (κ3) is 2.18. The summed E-state index contributed by atoms with van der Waals surface area (Å²) in [7, 11) is 0. The number of H-pyrrole nitrogens is 1. The van der Waals surface area contributed by atoms with Crippen molar-refractivity contribution in [3.63, 3.8) is 0 Å². The van der Waals surface area contributed by atoms with Crippen molar-refractivity contribution < 1.29 is 0 Å². The number of nitrogens with two attached hydrogens (primary N) is 1. The van der Waals surface area contributed by atoms with Crippen LogP contribution in [0.25, 0.3) is 10.9 Å². The molecular weight excluding hydrogens is 250 g/mol. The van der Waals surface area contributed by atoms with Crippen LogP contribution in [0.5, 0.6) is 0 Å². The summed E-state index contributed by atoms with van der Waals surface area (Å²) in [6, 6.07) is 7.87. The van der Waals surface area contributed by atoms with Crippen LogP contribution in [0.1, 0.15) is 25.2 Å². The number of nitrogen functional groups attached to an aromatic ring is 1. The Morgan fingerprint density at radius 3 is 2.90 bits per heavy atom. The lowest BCUT2D eigenvalue weighted by Crippen LogP contribution is -2.12. The number of nitrogens with one attached hydrogen (secondary N) is 2. The third-order valence-electron chi connectivity index (χ3n) is 3.39. The zero-order chi connectivity index (χ0) is 13.9. The van der Waals surface area contributed by atoms with Crippen molar-refractivity contribution in [2.45, 2.75) is 19.4 Å². The van der Waals surface area contributed by atoms with Crippen molar-refractivity contribution >= 4 is 22.3 Å². The van der Waals surface area contributed by atoms with E-state index in [1.807, 2.05) is 30.5 Å². The Kier molecular flexibility index (Phi) is 3.25. The van der Waals surface area contributed by atoms with Crippen LogP contribution in [0.4, 0.5) is 11.4 Å². The molecule has 0 spiro atoms. The fourth-order valence-electron chi connectivity index (χ4n) is 2.33. The highest BCUT2D eigenvalue weighted by atomic mass is 15.0. The van der Waals surface area contributed by atoms with Gasteiger partial charge < -0.3 is 16.0 Å². The van der Waals surface area contributed by atoms with E-state index in [4.69, 9.17) is 5.73 Å². The van der Waals surface area contributed by atoms with Crippen LogP contribution >= 0.6 is 0 Å². The summed E-state index contributed by atoms with van der Waals surface area (Å²) in [5.41, 5.74) is 8.59. The number of fused-ring (bicyclic) bond motifs is 1. The number of benzene rings is 1. The van der Waals surface area contributed by atoms with Gasteiger partial charge in [0.15, 0.2) is 0 Å². The molecule has 0 saturated carbocycles. The van der Waals surface area contributed by atoms with E-state index >= 15 is 0 Å². The minimum Gasteiger partial charge on any atom is -0.398 e. The van der Waals surface area contributed by atoms with Gasteiger partial charge in [-0.3, -0.25) is 4.98 Å². The zero-order valence-corrected chi connectivity index (χ0v) is 11.3. The monoisotopic (exact) mass is 267 g/mol. The summed E-state index contributed by atoms with van der Waals surface area (Å²) >= 11 is 0. The van der Waals surface area contributed by atoms with Crippen LogP contribution in [0.2, 0.25) is 0 Å². The maximum atomic E-state index is 6.00. The molecule has 1 aromatic carbocycles. The van der Waals surface area contributed by atoms with Gasteiger partial charge in [0.2, 0.25) is 0 Å². The van der Waals surface area contributed by atoms with E-state index in [9.17, 15) is 0 Å². The van der Waals surface area contributed by atoms with Crippen LogP contribution in [-0.4, -0.2) is 15.0 Å². The number of aromatic nitrogens is 3. The van der Waals surface area contributed by atoms with Gasteiger partial charge in [0, 0.05) is 29.7 Å². The number of aromatic amines is 1. The molecule has 0 bridgehead atoms. The van der Waals surface area contributed by atoms with Gasteiger partial charge in [0.25, 0.3) is 0 Å². The Morgan fingerprint density at radius 1 is 1.25 bits per heavy atom. The molecule has 0 amide bonds. The van der Waals surface area contributed by atoms with Gasteiger partial charge in [-0.2, -0.15) is 0 Å². The number of hydrogen-bond donors (Lipinski definition) is 3. The molecule has 3 aromatic rings. The number of imidazole rings is 1. The topological polar surface area (TPSA) is 79.6 Å². The molecule has 0 aliphatic heterocycles. The van der Waals surface area contributed by atoms with Crippen molar-refractivity contribution in [3.05, 3.63) is 48.7 Å². The normalized spacial score (nSPS) is 12.4. The lowest BCUT2D eigenvalue weighted by molar-refractivity contribution is 0.705. The van der Waals surface area contributed by atoms with Gasteiger partial charge in [0.05, 0.1) is 17.2 Å². The van der Waals surface area contributed by atoms with E-state index in [0.717, 1.165) is 34.5 Å². The van der Waals surface area contributed by atoms with Crippen LogP contribution in [0.3, 0.4) is 0 Å². The van der Waals surface area contributed by atoms with Crippen LogP contribution in [0, 0.1) is 0 Å². The predicted molar refractivity (Wildman–Crippen MR) is 81.4 cm³/mol. The van der Waals surface area contributed by atoms with E-state index in [0.29, 0.717) is 0 Å². The maximum absolute atomic E-state index is 6.00. The molecule has 102 valence electrons. The number of rotatable bonds is 4. The fraction of sp³-hybridized carbons (Fsp3) is 0.200. The molecule has 2 aromatic heterocycles. The van der Waals surface area contributed by atoms with Crippen molar-refractivity contribution in [2.24, 2.45) is 0 Å². The Morgan fingerprint density at radius 2 is 2.15 bits per heavy atom. The van der Waals surface area contributed by atoms with E-state index in [2.05, 4.69) is 27.2 Å². The second-order valence-electron chi connectivity index (χ2n) is 4.68. The first-order valence-corrected chi connectivity index (χ1v) is 6.68. The summed E-state index contributed by atoms with van der Waals surface area (Å²) < 4.78 is 0. The van der Waals surface area contributed by atoms with Crippen molar-refractivity contribution in [3.8, 4) is 0 Å². The highest BCUT2D eigenvalue weighted by Crippen LogP contribution is 2.29. The largest absolute Gasteiger partial charge is 0.398 e. The number of hydrogen-bond acceptors (Lipinski definition) is 4. The molecule has 5 heteroatoms. The Bertz CT molecular complexity index is 705. The Balaban J connectivity index is 2.00. The average Bonchev–Trinajstić information content (AvgIpc) is 3.01. The molecule has 20 heavy (non-hydrogen) atoms. The van der Waals surface area contributed by atoms with Gasteiger partial charge in [-0.1, -0.05) is 6.92 Å². The first-order chi connectivity index (χ1) is 9.79. The molecular formula is C15H17N5. The van der Waals surface area contributed by atoms with Crippen LogP contribution in [0.15, 0.2) is 42.9 Å². The molecule has 1 atom stereocenters. The third-order valence-corrected chi connectivity index (χ3v) is 3.39. The minimum atomic E-state index is 0.124. The van der Waals surface area contributed by atoms with Gasteiger partial charge in [-0.05, 0) is 30.7 Å². The first-order valence-electron chi connectivity index (χ1n) is 6.68. The van der Waals surface area contributed by atoms with Crippen molar-refractivity contribution in [2.75, 3.05) is 11.1 Å². The standard InChI is InChI=1S/C15H17N5/c1-2-12(15-18-8-9-19-15)20-13-6-5-11(16)10-4-3-7-17-14(10)13/h3-9,12,20H,2,16H2,1H3,(H,18,19).